The Labute approximate surface area is 148 Å². The molecule has 0 amide bonds. The molecule has 0 radical (unpaired) electrons. The van der Waals surface area contributed by atoms with Crippen molar-refractivity contribution in [1.82, 2.24) is 4.90 Å². The summed E-state index contributed by atoms with van der Waals surface area (Å²) in [6, 6.07) is 15.6. The highest BCUT2D eigenvalue weighted by atomic mass is 32.1. The Hall–Kier alpha value is -2.53. The molecule has 2 rings (SSSR count). The van der Waals surface area contributed by atoms with Crippen LogP contribution in [0.5, 0.6) is 11.5 Å². The Morgan fingerprint density at radius 3 is 2.62 bits per heavy atom. The van der Waals surface area contributed by atoms with Crippen molar-refractivity contribution in [3.63, 3.8) is 0 Å². The predicted octanol–water partition coefficient (Wildman–Crippen LogP) is 4.09. The fourth-order valence-electron chi connectivity index (χ4n) is 2.11. The highest BCUT2D eigenvalue weighted by Crippen LogP contribution is 2.18. The molecule has 0 heterocycles. The zero-order valence-electron chi connectivity index (χ0n) is 14.0. The van der Waals surface area contributed by atoms with Crippen LogP contribution in [0.4, 0.5) is 5.69 Å². The van der Waals surface area contributed by atoms with Crippen LogP contribution in [0.25, 0.3) is 0 Å². The van der Waals surface area contributed by atoms with Crippen LogP contribution in [0.2, 0.25) is 0 Å². The van der Waals surface area contributed by atoms with Crippen LogP contribution in [0, 0.1) is 0 Å². The van der Waals surface area contributed by atoms with Crippen molar-refractivity contribution in [1.29, 1.82) is 0 Å². The molecule has 0 atom stereocenters. The predicted molar refractivity (Wildman–Crippen MR) is 103 cm³/mol. The Morgan fingerprint density at radius 1 is 1.21 bits per heavy atom. The standard InChI is InChI=1S/C19H22N2O2S/c1-4-12-23-17-10-8-15(9-11-17)14-21(2)19(24)20-16-6-5-7-18(13-16)22-3/h4-11,13H,1,12,14H2,2-3H3,(H,20,24). The molecule has 4 nitrogen and oxygen atoms in total. The van der Waals surface area contributed by atoms with Crippen LogP contribution in [0.3, 0.4) is 0 Å². The lowest BCUT2D eigenvalue weighted by molar-refractivity contribution is 0.363. The fraction of sp³-hybridized carbons (Fsp3) is 0.211. The maximum absolute atomic E-state index is 5.48. The molecule has 0 aromatic heterocycles. The summed E-state index contributed by atoms with van der Waals surface area (Å²) in [5.41, 5.74) is 2.05. The summed E-state index contributed by atoms with van der Waals surface area (Å²) in [5.74, 6) is 1.62. The van der Waals surface area contributed by atoms with Crippen molar-refractivity contribution in [2.75, 3.05) is 26.1 Å². The molecule has 0 saturated carbocycles. The van der Waals surface area contributed by atoms with E-state index in [0.29, 0.717) is 18.3 Å². The molecule has 0 aliphatic carbocycles. The molecular weight excluding hydrogens is 320 g/mol. The Kier molecular flexibility index (Phi) is 6.63. The van der Waals surface area contributed by atoms with Crippen molar-refractivity contribution in [3.05, 3.63) is 66.7 Å². The monoisotopic (exact) mass is 342 g/mol. The van der Waals surface area contributed by atoms with Crippen LogP contribution in [0.1, 0.15) is 5.56 Å². The van der Waals surface area contributed by atoms with Crippen LogP contribution in [-0.2, 0) is 6.54 Å². The molecule has 2 aromatic carbocycles. The maximum atomic E-state index is 5.48. The van der Waals surface area contributed by atoms with Crippen LogP contribution >= 0.6 is 12.2 Å². The van der Waals surface area contributed by atoms with Gasteiger partial charge in [0.1, 0.15) is 18.1 Å². The summed E-state index contributed by atoms with van der Waals surface area (Å²) < 4.78 is 10.7. The third-order valence-electron chi connectivity index (χ3n) is 3.38. The van der Waals surface area contributed by atoms with E-state index in [-0.39, 0.29) is 0 Å². The summed E-state index contributed by atoms with van der Waals surface area (Å²) in [5, 5.41) is 3.87. The first-order valence-corrected chi connectivity index (χ1v) is 8.02. The molecule has 0 saturated heterocycles. The summed E-state index contributed by atoms with van der Waals surface area (Å²) in [6.45, 7) is 4.85. The molecular formula is C19H22N2O2S. The number of thiocarbonyl (C=S) groups is 1. The number of ether oxygens (including phenoxy) is 2. The molecule has 0 unspecified atom stereocenters. The van der Waals surface area contributed by atoms with Crippen molar-refractivity contribution in [3.8, 4) is 11.5 Å². The van der Waals surface area contributed by atoms with Crippen LogP contribution in [-0.4, -0.2) is 30.8 Å². The molecule has 24 heavy (non-hydrogen) atoms. The summed E-state index contributed by atoms with van der Waals surface area (Å²) in [4.78, 5) is 1.98. The number of nitrogens with zero attached hydrogens (tertiary/aromatic N) is 1. The van der Waals surface area contributed by atoms with Gasteiger partial charge in [0.15, 0.2) is 5.11 Å². The molecule has 1 N–H and O–H groups in total. The molecule has 5 heteroatoms. The van der Waals surface area contributed by atoms with Gasteiger partial charge in [-0.1, -0.05) is 30.9 Å². The minimum Gasteiger partial charge on any atom is -0.497 e. The zero-order valence-corrected chi connectivity index (χ0v) is 14.8. The molecule has 0 aliphatic heterocycles. The van der Waals surface area contributed by atoms with E-state index in [4.69, 9.17) is 21.7 Å². The van der Waals surface area contributed by atoms with E-state index in [1.807, 2.05) is 60.5 Å². The highest BCUT2D eigenvalue weighted by Gasteiger charge is 2.06. The first-order chi connectivity index (χ1) is 11.6. The van der Waals surface area contributed by atoms with Gasteiger partial charge < -0.3 is 19.7 Å². The largest absolute Gasteiger partial charge is 0.497 e. The summed E-state index contributed by atoms with van der Waals surface area (Å²) in [7, 11) is 3.60. The van der Waals surface area contributed by atoms with E-state index in [9.17, 15) is 0 Å². The fourth-order valence-corrected chi connectivity index (χ4v) is 2.29. The maximum Gasteiger partial charge on any atom is 0.173 e. The van der Waals surface area contributed by atoms with E-state index >= 15 is 0 Å². The minimum absolute atomic E-state index is 0.508. The van der Waals surface area contributed by atoms with Gasteiger partial charge in [-0.2, -0.15) is 0 Å². The lowest BCUT2D eigenvalue weighted by atomic mass is 10.2. The van der Waals surface area contributed by atoms with Gasteiger partial charge in [-0.25, -0.2) is 0 Å². The topological polar surface area (TPSA) is 33.7 Å². The quantitative estimate of drug-likeness (QED) is 0.605. The molecule has 0 aliphatic rings. The highest BCUT2D eigenvalue weighted by molar-refractivity contribution is 7.80. The zero-order chi connectivity index (χ0) is 17.4. The molecule has 126 valence electrons. The number of nitrogens with one attached hydrogen (secondary N) is 1. The molecule has 2 aromatic rings. The van der Waals surface area contributed by atoms with Gasteiger partial charge in [-0.05, 0) is 42.0 Å². The number of rotatable bonds is 7. The second kappa shape index (κ2) is 8.93. The third-order valence-corrected chi connectivity index (χ3v) is 3.79. The smallest absolute Gasteiger partial charge is 0.173 e. The Morgan fingerprint density at radius 2 is 1.96 bits per heavy atom. The first kappa shape index (κ1) is 17.8. The molecule has 0 fully saturated rings. The van der Waals surface area contributed by atoms with Crippen molar-refractivity contribution in [2.24, 2.45) is 0 Å². The second-order valence-electron chi connectivity index (χ2n) is 5.26. The molecule has 0 spiro atoms. The van der Waals surface area contributed by atoms with E-state index in [1.54, 1.807) is 13.2 Å². The van der Waals surface area contributed by atoms with Gasteiger partial charge in [0, 0.05) is 25.3 Å². The van der Waals surface area contributed by atoms with Gasteiger partial charge in [0.25, 0.3) is 0 Å². The normalized spacial score (nSPS) is 9.92. The number of hydrogen-bond acceptors (Lipinski definition) is 3. The van der Waals surface area contributed by atoms with E-state index in [0.717, 1.165) is 22.7 Å². The molecule has 0 bridgehead atoms. The Balaban J connectivity index is 1.91. The third kappa shape index (κ3) is 5.28. The SMILES string of the molecule is C=CCOc1ccc(CN(C)C(=S)Nc2cccc(OC)c2)cc1. The van der Waals surface area contributed by atoms with E-state index < -0.39 is 0 Å². The van der Waals surface area contributed by atoms with Gasteiger partial charge in [0.05, 0.1) is 7.11 Å². The second-order valence-corrected chi connectivity index (χ2v) is 5.65. The van der Waals surface area contributed by atoms with Gasteiger partial charge in [-0.3, -0.25) is 0 Å². The Bertz CT molecular complexity index is 686. The van der Waals surface area contributed by atoms with Crippen molar-refractivity contribution < 1.29 is 9.47 Å². The number of hydrogen-bond donors (Lipinski definition) is 1. The van der Waals surface area contributed by atoms with Gasteiger partial charge in [-0.15, -0.1) is 0 Å². The average molecular weight is 342 g/mol. The van der Waals surface area contributed by atoms with E-state index in [2.05, 4.69) is 11.9 Å². The average Bonchev–Trinajstić information content (AvgIpc) is 2.61. The van der Waals surface area contributed by atoms with Gasteiger partial charge >= 0.3 is 0 Å². The summed E-state index contributed by atoms with van der Waals surface area (Å²) in [6.07, 6.45) is 1.73. The van der Waals surface area contributed by atoms with Gasteiger partial charge in [0.2, 0.25) is 0 Å². The number of benzene rings is 2. The number of anilines is 1. The van der Waals surface area contributed by atoms with Crippen molar-refractivity contribution >= 4 is 23.0 Å². The van der Waals surface area contributed by atoms with Crippen LogP contribution < -0.4 is 14.8 Å². The first-order valence-electron chi connectivity index (χ1n) is 7.61. The lowest BCUT2D eigenvalue weighted by Crippen LogP contribution is -2.30. The van der Waals surface area contributed by atoms with E-state index in [1.165, 1.54) is 0 Å². The summed E-state index contributed by atoms with van der Waals surface area (Å²) >= 11 is 5.46. The lowest BCUT2D eigenvalue weighted by Gasteiger charge is -2.21. The number of methoxy groups -OCH3 is 1. The minimum atomic E-state index is 0.508. The van der Waals surface area contributed by atoms with Crippen LogP contribution in [0.15, 0.2) is 61.2 Å². The van der Waals surface area contributed by atoms with Crippen molar-refractivity contribution in [2.45, 2.75) is 6.54 Å².